The van der Waals surface area contributed by atoms with Crippen LogP contribution in [0, 0.1) is 6.92 Å². The lowest BCUT2D eigenvalue weighted by atomic mass is 10.2. The van der Waals surface area contributed by atoms with Gasteiger partial charge < -0.3 is 14.8 Å². The zero-order valence-corrected chi connectivity index (χ0v) is 25.3. The van der Waals surface area contributed by atoms with Gasteiger partial charge in [0.2, 0.25) is 5.91 Å². The lowest BCUT2D eigenvalue weighted by Gasteiger charge is -2.24. The van der Waals surface area contributed by atoms with E-state index in [9.17, 15) is 21.6 Å². The van der Waals surface area contributed by atoms with E-state index in [1.165, 1.54) is 80.9 Å². The van der Waals surface area contributed by atoms with Crippen LogP contribution < -0.4 is 23.8 Å². The summed E-state index contributed by atoms with van der Waals surface area (Å²) < 4.78 is 67.1. The number of rotatable bonds is 11. The number of nitrogens with zero attached hydrogens (tertiary/aromatic N) is 1. The molecular weight excluding hydrogens is 602 g/mol. The summed E-state index contributed by atoms with van der Waals surface area (Å²) in [6.45, 7) is 1.20. The largest absolute Gasteiger partial charge is 0.493 e. The number of methoxy groups -OCH3 is 2. The van der Waals surface area contributed by atoms with Crippen molar-refractivity contribution < 1.29 is 31.1 Å². The molecule has 0 aliphatic rings. The fraction of sp³-hybridized carbons (Fsp3) is 0.138. The second-order valence-electron chi connectivity index (χ2n) is 9.00. The Kier molecular flexibility index (Phi) is 9.30. The third-order valence-corrected chi connectivity index (χ3v) is 9.59. The van der Waals surface area contributed by atoms with Gasteiger partial charge in [-0.2, -0.15) is 0 Å². The third-order valence-electron chi connectivity index (χ3n) is 6.18. The molecule has 0 unspecified atom stereocenters. The van der Waals surface area contributed by atoms with E-state index in [1.807, 2.05) is 0 Å². The number of aryl methyl sites for hydroxylation is 1. The van der Waals surface area contributed by atoms with Crippen molar-refractivity contribution in [2.45, 2.75) is 16.7 Å². The topological polar surface area (TPSA) is 131 Å². The van der Waals surface area contributed by atoms with Crippen molar-refractivity contribution in [1.29, 1.82) is 0 Å². The van der Waals surface area contributed by atoms with E-state index in [0.29, 0.717) is 16.5 Å². The molecule has 0 aliphatic heterocycles. The predicted octanol–water partition coefficient (Wildman–Crippen LogP) is 5.30. The number of ether oxygens (including phenoxy) is 2. The van der Waals surface area contributed by atoms with Crippen LogP contribution in [0.1, 0.15) is 5.56 Å². The predicted molar refractivity (Wildman–Crippen MR) is 163 cm³/mol. The van der Waals surface area contributed by atoms with Crippen molar-refractivity contribution in [2.75, 3.05) is 35.1 Å². The fourth-order valence-electron chi connectivity index (χ4n) is 3.97. The summed E-state index contributed by atoms with van der Waals surface area (Å²) >= 11 is 6.01. The van der Waals surface area contributed by atoms with Gasteiger partial charge in [0.1, 0.15) is 6.54 Å². The lowest BCUT2D eigenvalue weighted by Crippen LogP contribution is -2.38. The van der Waals surface area contributed by atoms with Crippen molar-refractivity contribution >= 4 is 54.6 Å². The van der Waals surface area contributed by atoms with E-state index >= 15 is 0 Å². The van der Waals surface area contributed by atoms with Gasteiger partial charge in [0.05, 0.1) is 35.4 Å². The molecule has 2 N–H and O–H groups in total. The number of anilines is 3. The first-order valence-electron chi connectivity index (χ1n) is 12.4. The molecule has 4 aromatic rings. The molecule has 0 heterocycles. The minimum Gasteiger partial charge on any atom is -0.493 e. The van der Waals surface area contributed by atoms with E-state index in [2.05, 4.69) is 10.0 Å². The van der Waals surface area contributed by atoms with E-state index in [-0.39, 0.29) is 26.9 Å². The SMILES string of the molecule is COc1ccc(S(=O)(=O)N(CC(=O)Nc2ccc(S(=O)(=O)Nc3ccccc3C)cc2)c2ccc(Cl)cc2)cc1OC. The number of amides is 1. The molecule has 4 rings (SSSR count). The Labute approximate surface area is 250 Å². The smallest absolute Gasteiger partial charge is 0.264 e. The van der Waals surface area contributed by atoms with E-state index < -0.39 is 32.5 Å². The lowest BCUT2D eigenvalue weighted by molar-refractivity contribution is -0.114. The zero-order valence-electron chi connectivity index (χ0n) is 22.9. The fourth-order valence-corrected chi connectivity index (χ4v) is 6.66. The van der Waals surface area contributed by atoms with E-state index in [4.69, 9.17) is 21.1 Å². The van der Waals surface area contributed by atoms with Crippen LogP contribution in [0.25, 0.3) is 0 Å². The summed E-state index contributed by atoms with van der Waals surface area (Å²) in [5.41, 5.74) is 1.69. The van der Waals surface area contributed by atoms with E-state index in [1.54, 1.807) is 31.2 Å². The summed E-state index contributed by atoms with van der Waals surface area (Å²) in [5, 5.41) is 3.01. The second-order valence-corrected chi connectivity index (χ2v) is 13.0. The van der Waals surface area contributed by atoms with Gasteiger partial charge in [0.15, 0.2) is 11.5 Å². The molecule has 0 radical (unpaired) electrons. The molecular formula is C29H28ClN3O7S2. The Morgan fingerprint density at radius 1 is 0.810 bits per heavy atom. The maximum atomic E-state index is 13.7. The van der Waals surface area contributed by atoms with Crippen LogP contribution in [0.3, 0.4) is 0 Å². The molecule has 0 bridgehead atoms. The molecule has 4 aromatic carbocycles. The molecule has 0 spiro atoms. The van der Waals surface area contributed by atoms with Crippen LogP contribution >= 0.6 is 11.6 Å². The Morgan fingerprint density at radius 3 is 2.05 bits per heavy atom. The van der Waals surface area contributed by atoms with Crippen LogP contribution in [0.4, 0.5) is 17.1 Å². The first-order chi connectivity index (χ1) is 19.9. The number of carbonyl (C=O) groups excluding carboxylic acids is 1. The number of carbonyl (C=O) groups is 1. The average Bonchev–Trinajstić information content (AvgIpc) is 2.97. The summed E-state index contributed by atoms with van der Waals surface area (Å²) in [5.74, 6) is -0.125. The van der Waals surface area contributed by atoms with Crippen molar-refractivity contribution in [2.24, 2.45) is 0 Å². The number of nitrogens with one attached hydrogen (secondary N) is 2. The van der Waals surface area contributed by atoms with Crippen LogP contribution in [0.15, 0.2) is 101 Å². The van der Waals surface area contributed by atoms with Gasteiger partial charge in [-0.1, -0.05) is 29.8 Å². The highest BCUT2D eigenvalue weighted by Crippen LogP contribution is 2.32. The van der Waals surface area contributed by atoms with Crippen LogP contribution in [0.2, 0.25) is 5.02 Å². The molecule has 0 fully saturated rings. The molecule has 0 atom stereocenters. The monoisotopic (exact) mass is 629 g/mol. The molecule has 1 amide bonds. The Balaban J connectivity index is 1.56. The molecule has 0 aliphatic carbocycles. The summed E-state index contributed by atoms with van der Waals surface area (Å²) in [4.78, 5) is 13.0. The highest BCUT2D eigenvalue weighted by Gasteiger charge is 2.28. The Morgan fingerprint density at radius 2 is 1.43 bits per heavy atom. The summed E-state index contributed by atoms with van der Waals surface area (Å²) in [6.07, 6.45) is 0. The number of halogens is 1. The minimum atomic E-state index is -4.27. The first kappa shape index (κ1) is 30.7. The van der Waals surface area contributed by atoms with Crippen LogP contribution in [-0.2, 0) is 24.8 Å². The Hall–Kier alpha value is -4.26. The third kappa shape index (κ3) is 6.96. The summed E-state index contributed by atoms with van der Waals surface area (Å²) in [6, 6.07) is 22.6. The highest BCUT2D eigenvalue weighted by atomic mass is 35.5. The minimum absolute atomic E-state index is 0.0115. The van der Waals surface area contributed by atoms with Gasteiger partial charge in [-0.25, -0.2) is 16.8 Å². The van der Waals surface area contributed by atoms with Crippen molar-refractivity contribution in [3.63, 3.8) is 0 Å². The molecule has 0 saturated heterocycles. The van der Waals surface area contributed by atoms with Crippen molar-refractivity contribution in [1.82, 2.24) is 0 Å². The van der Waals surface area contributed by atoms with Gasteiger partial charge in [0.25, 0.3) is 20.0 Å². The van der Waals surface area contributed by atoms with Gasteiger partial charge in [-0.05, 0) is 79.2 Å². The first-order valence-corrected chi connectivity index (χ1v) is 15.7. The Bertz CT molecular complexity index is 1800. The summed E-state index contributed by atoms with van der Waals surface area (Å²) in [7, 11) is -5.33. The molecule has 13 heteroatoms. The number of sulfonamides is 2. The average molecular weight is 630 g/mol. The quantitative estimate of drug-likeness (QED) is 0.230. The normalized spacial score (nSPS) is 11.4. The number of hydrogen-bond donors (Lipinski definition) is 2. The number of benzene rings is 4. The van der Waals surface area contributed by atoms with Gasteiger partial charge in [0, 0.05) is 16.8 Å². The van der Waals surface area contributed by atoms with Crippen molar-refractivity contribution in [3.8, 4) is 11.5 Å². The standard InChI is InChI=1S/C29H28ClN3O7S2/c1-20-6-4-5-7-26(20)32-41(35,36)24-14-10-22(11-15-24)31-29(34)19-33(23-12-8-21(30)9-13-23)42(37,38)25-16-17-27(39-2)28(18-25)40-3/h4-18,32H,19H2,1-3H3,(H,31,34). The van der Waals surface area contributed by atoms with E-state index in [0.717, 1.165) is 9.87 Å². The zero-order chi connectivity index (χ0) is 30.5. The maximum absolute atomic E-state index is 13.7. The number of hydrogen-bond acceptors (Lipinski definition) is 7. The number of para-hydroxylation sites is 1. The van der Waals surface area contributed by atoms with Crippen molar-refractivity contribution in [3.05, 3.63) is 102 Å². The van der Waals surface area contributed by atoms with Gasteiger partial charge in [-0.15, -0.1) is 0 Å². The van der Waals surface area contributed by atoms with Crippen LogP contribution in [0.5, 0.6) is 11.5 Å². The van der Waals surface area contributed by atoms with Gasteiger partial charge in [-0.3, -0.25) is 13.8 Å². The maximum Gasteiger partial charge on any atom is 0.264 e. The molecule has 220 valence electrons. The van der Waals surface area contributed by atoms with Crippen LogP contribution in [-0.4, -0.2) is 43.5 Å². The molecule has 10 nitrogen and oxygen atoms in total. The van der Waals surface area contributed by atoms with Gasteiger partial charge >= 0.3 is 0 Å². The molecule has 42 heavy (non-hydrogen) atoms. The molecule has 0 aromatic heterocycles. The highest BCUT2D eigenvalue weighted by molar-refractivity contribution is 7.93. The molecule has 0 saturated carbocycles. The second kappa shape index (κ2) is 12.7.